The van der Waals surface area contributed by atoms with Gasteiger partial charge in [0.05, 0.1) is 24.1 Å². The van der Waals surface area contributed by atoms with Gasteiger partial charge in [-0.3, -0.25) is 9.52 Å². The van der Waals surface area contributed by atoms with Crippen LogP contribution in [-0.2, 0) is 6.18 Å². The number of benzene rings is 1. The molecule has 4 rings (SSSR count). The highest BCUT2D eigenvalue weighted by Gasteiger charge is 2.34. The number of aromatic nitrogens is 2. The second-order valence-corrected chi connectivity index (χ2v) is 11.8. The summed E-state index contributed by atoms with van der Waals surface area (Å²) in [5.41, 5.74) is -0.260. The molecule has 0 atom stereocenters. The van der Waals surface area contributed by atoms with E-state index in [-0.39, 0.29) is 23.6 Å². The predicted octanol–water partition coefficient (Wildman–Crippen LogP) is 7.18. The second kappa shape index (κ2) is 18.3. The highest BCUT2D eigenvalue weighted by molar-refractivity contribution is 7.96. The van der Waals surface area contributed by atoms with E-state index in [9.17, 15) is 18.0 Å². The summed E-state index contributed by atoms with van der Waals surface area (Å²) in [6.07, 6.45) is 8.93. The Hall–Kier alpha value is -2.57. The van der Waals surface area contributed by atoms with E-state index in [1.165, 1.54) is 52.6 Å². The zero-order valence-electron chi connectivity index (χ0n) is 26.7. The van der Waals surface area contributed by atoms with Crippen molar-refractivity contribution in [2.75, 3.05) is 52.9 Å². The number of amides is 1. The number of nitrogens with zero attached hydrogens (tertiary/aromatic N) is 4. The first kappa shape index (κ1) is 36.6. The van der Waals surface area contributed by atoms with Crippen molar-refractivity contribution in [1.29, 1.82) is 0 Å². The van der Waals surface area contributed by atoms with Gasteiger partial charge in [-0.05, 0) is 77.3 Å². The summed E-state index contributed by atoms with van der Waals surface area (Å²) < 4.78 is 47.0. The number of anilines is 2. The number of halogens is 3. The molecule has 1 aliphatic carbocycles. The van der Waals surface area contributed by atoms with Crippen LogP contribution in [0.1, 0.15) is 79.9 Å². The van der Waals surface area contributed by atoms with Gasteiger partial charge in [-0.25, -0.2) is 9.97 Å². The van der Waals surface area contributed by atoms with Gasteiger partial charge in [0.2, 0.25) is 5.95 Å². The molecular weight excluding hydrogens is 577 g/mol. The molecule has 0 bridgehead atoms. The summed E-state index contributed by atoms with van der Waals surface area (Å²) in [6, 6.07) is 5.05. The SMILES string of the molecule is CCCC1CCCC1.CNSC.COc1ccc(C(=O)N(C)C2CCN(C)CC2)cc1Nc1ncc(C(F)(F)F)c(C)n1. The fourth-order valence-electron chi connectivity index (χ4n) is 5.32. The number of methoxy groups -OCH3 is 1. The van der Waals surface area contributed by atoms with Crippen molar-refractivity contribution < 1.29 is 22.7 Å². The molecular formula is C31H49F3N6O2S. The third-order valence-corrected chi connectivity index (χ3v) is 8.32. The summed E-state index contributed by atoms with van der Waals surface area (Å²) >= 11 is 1.61. The maximum atomic E-state index is 13.0. The molecule has 0 unspecified atom stereocenters. The fourth-order valence-corrected chi connectivity index (χ4v) is 5.32. The van der Waals surface area contributed by atoms with Crippen LogP contribution in [0.4, 0.5) is 24.8 Å². The number of nitrogens with one attached hydrogen (secondary N) is 2. The smallest absolute Gasteiger partial charge is 0.419 e. The number of carbonyl (C=O) groups excluding carboxylic acids is 1. The van der Waals surface area contributed by atoms with Crippen LogP contribution in [0.2, 0.25) is 0 Å². The molecule has 2 aliphatic rings. The Morgan fingerprint density at radius 2 is 1.81 bits per heavy atom. The van der Waals surface area contributed by atoms with Crippen molar-refractivity contribution in [3.8, 4) is 5.75 Å². The molecule has 1 saturated heterocycles. The molecule has 242 valence electrons. The number of hydrogen-bond donors (Lipinski definition) is 2. The summed E-state index contributed by atoms with van der Waals surface area (Å²) in [5.74, 6) is 1.38. The van der Waals surface area contributed by atoms with Gasteiger partial charge in [-0.15, -0.1) is 0 Å². The average molecular weight is 627 g/mol. The molecule has 1 aromatic carbocycles. The highest BCUT2D eigenvalue weighted by Crippen LogP contribution is 2.33. The van der Waals surface area contributed by atoms with Crippen LogP contribution in [0.3, 0.4) is 0 Å². The van der Waals surface area contributed by atoms with Crippen molar-refractivity contribution in [3.05, 3.63) is 41.2 Å². The zero-order valence-corrected chi connectivity index (χ0v) is 27.5. The van der Waals surface area contributed by atoms with Gasteiger partial charge in [-0.2, -0.15) is 13.2 Å². The Balaban J connectivity index is 0.000000448. The van der Waals surface area contributed by atoms with E-state index in [1.54, 1.807) is 42.1 Å². The fraction of sp³-hybridized carbons (Fsp3) is 0.645. The molecule has 2 heterocycles. The van der Waals surface area contributed by atoms with E-state index in [0.717, 1.165) is 38.0 Å². The topological polar surface area (TPSA) is 82.6 Å². The molecule has 1 aromatic heterocycles. The summed E-state index contributed by atoms with van der Waals surface area (Å²) in [4.78, 5) is 24.7. The number of ether oxygens (including phenoxy) is 1. The number of aryl methyl sites for hydroxylation is 1. The van der Waals surface area contributed by atoms with Crippen molar-refractivity contribution in [3.63, 3.8) is 0 Å². The lowest BCUT2D eigenvalue weighted by molar-refractivity contribution is -0.138. The molecule has 0 radical (unpaired) electrons. The Labute approximate surface area is 259 Å². The van der Waals surface area contributed by atoms with Gasteiger partial charge in [0.1, 0.15) is 5.75 Å². The number of alkyl halides is 3. The minimum atomic E-state index is -4.52. The van der Waals surface area contributed by atoms with E-state index < -0.39 is 11.7 Å². The van der Waals surface area contributed by atoms with Crippen LogP contribution in [0.15, 0.2) is 24.4 Å². The number of hydrogen-bond acceptors (Lipinski definition) is 8. The average Bonchev–Trinajstić information content (AvgIpc) is 3.50. The monoisotopic (exact) mass is 626 g/mol. The van der Waals surface area contributed by atoms with Crippen molar-refractivity contribution >= 4 is 29.5 Å². The van der Waals surface area contributed by atoms with Gasteiger partial charge in [0.25, 0.3) is 5.91 Å². The van der Waals surface area contributed by atoms with Crippen LogP contribution >= 0.6 is 11.9 Å². The summed E-state index contributed by atoms with van der Waals surface area (Å²) in [5, 5.41) is 2.87. The highest BCUT2D eigenvalue weighted by atomic mass is 32.2. The first-order valence-electron chi connectivity index (χ1n) is 15.0. The number of likely N-dealkylation sites (tertiary alicyclic amines) is 1. The lowest BCUT2D eigenvalue weighted by Gasteiger charge is -2.35. The summed E-state index contributed by atoms with van der Waals surface area (Å²) in [6.45, 7) is 5.42. The maximum Gasteiger partial charge on any atom is 0.419 e. The van der Waals surface area contributed by atoms with E-state index in [4.69, 9.17) is 4.74 Å². The van der Waals surface area contributed by atoms with Crippen LogP contribution in [0, 0.1) is 12.8 Å². The Morgan fingerprint density at radius 1 is 1.19 bits per heavy atom. The second-order valence-electron chi connectivity index (χ2n) is 11.0. The third kappa shape index (κ3) is 11.8. The molecule has 12 heteroatoms. The maximum absolute atomic E-state index is 13.0. The Kier molecular flexibility index (Phi) is 15.6. The predicted molar refractivity (Wildman–Crippen MR) is 170 cm³/mol. The minimum Gasteiger partial charge on any atom is -0.495 e. The van der Waals surface area contributed by atoms with E-state index in [0.29, 0.717) is 17.0 Å². The third-order valence-electron chi connectivity index (χ3n) is 7.91. The van der Waals surface area contributed by atoms with Crippen LogP contribution in [-0.4, -0.2) is 79.3 Å². The Morgan fingerprint density at radius 3 is 2.33 bits per heavy atom. The Bertz CT molecular complexity index is 1120. The van der Waals surface area contributed by atoms with Gasteiger partial charge >= 0.3 is 6.18 Å². The summed E-state index contributed by atoms with van der Waals surface area (Å²) in [7, 11) is 7.21. The molecule has 1 saturated carbocycles. The van der Waals surface area contributed by atoms with Crippen molar-refractivity contribution in [2.45, 2.75) is 77.4 Å². The van der Waals surface area contributed by atoms with Crippen LogP contribution < -0.4 is 14.8 Å². The molecule has 0 spiro atoms. The van der Waals surface area contributed by atoms with Crippen LogP contribution in [0.25, 0.3) is 0 Å². The van der Waals surface area contributed by atoms with E-state index in [1.807, 2.05) is 13.3 Å². The first-order valence-corrected chi connectivity index (χ1v) is 16.2. The van der Waals surface area contributed by atoms with Gasteiger partial charge in [0, 0.05) is 24.8 Å². The molecule has 2 fully saturated rings. The number of rotatable bonds is 8. The van der Waals surface area contributed by atoms with Crippen molar-refractivity contribution in [1.82, 2.24) is 24.5 Å². The van der Waals surface area contributed by atoms with Crippen molar-refractivity contribution in [2.24, 2.45) is 5.92 Å². The van der Waals surface area contributed by atoms with E-state index >= 15 is 0 Å². The minimum absolute atomic E-state index is 0.0166. The quantitative estimate of drug-likeness (QED) is 0.298. The van der Waals surface area contributed by atoms with E-state index in [2.05, 4.69) is 38.9 Å². The molecule has 8 nitrogen and oxygen atoms in total. The molecule has 43 heavy (non-hydrogen) atoms. The normalized spacial score (nSPS) is 16.0. The lowest BCUT2D eigenvalue weighted by Crippen LogP contribution is -2.44. The number of carbonyl (C=O) groups is 1. The van der Waals surface area contributed by atoms with Gasteiger partial charge < -0.3 is 19.9 Å². The zero-order chi connectivity index (χ0) is 32.0. The number of piperidine rings is 1. The molecule has 1 aliphatic heterocycles. The standard InChI is InChI=1S/C21H26F3N5O2.C8H16.C2H7NS/c1-13-16(21(22,23)24)12-25-20(26-13)27-17-11-14(5-6-18(17)31-4)19(30)29(3)15-7-9-28(2)10-8-15;1-2-5-8-6-3-4-7-8;1-3-4-2/h5-6,11-12,15H,7-10H2,1-4H3,(H,25,26,27);8H,2-7H2,1H3;3H,1-2H3. The molecule has 2 N–H and O–H groups in total. The molecule has 2 aromatic rings. The van der Waals surface area contributed by atoms with Gasteiger partial charge in [0.15, 0.2) is 0 Å². The van der Waals surface area contributed by atoms with Gasteiger partial charge in [-0.1, -0.05) is 57.4 Å². The lowest BCUT2D eigenvalue weighted by atomic mass is 10.0. The van der Waals surface area contributed by atoms with Crippen LogP contribution in [0.5, 0.6) is 5.75 Å². The largest absolute Gasteiger partial charge is 0.495 e. The first-order chi connectivity index (χ1) is 20.4. The molecule has 1 amide bonds.